The summed E-state index contributed by atoms with van der Waals surface area (Å²) >= 11 is 0. The van der Waals surface area contributed by atoms with Gasteiger partial charge in [0.2, 0.25) is 11.8 Å². The molecule has 2 N–H and O–H groups in total. The van der Waals surface area contributed by atoms with Crippen molar-refractivity contribution < 1.29 is 9.59 Å². The lowest BCUT2D eigenvalue weighted by Crippen LogP contribution is -2.41. The molecule has 35 heavy (non-hydrogen) atoms. The van der Waals surface area contributed by atoms with Crippen molar-refractivity contribution in [3.8, 4) is 0 Å². The monoisotopic (exact) mass is 471 g/mol. The molecule has 1 aromatic heterocycles. The topological polar surface area (TPSA) is 91.0 Å². The Morgan fingerprint density at radius 3 is 2.26 bits per heavy atom. The molecule has 182 valence electrons. The predicted molar refractivity (Wildman–Crippen MR) is 134 cm³/mol. The van der Waals surface area contributed by atoms with Crippen LogP contribution in [-0.4, -0.2) is 51.5 Å². The highest BCUT2D eigenvalue weighted by molar-refractivity contribution is 5.83. The summed E-state index contributed by atoms with van der Waals surface area (Å²) in [6, 6.07) is 21.0. The molecule has 0 radical (unpaired) electrons. The van der Waals surface area contributed by atoms with Crippen LogP contribution in [0.5, 0.6) is 0 Å². The molecule has 1 aliphatic heterocycles. The van der Waals surface area contributed by atoms with E-state index < -0.39 is 0 Å². The fourth-order valence-electron chi connectivity index (χ4n) is 5.55. The second-order valence-electron chi connectivity index (χ2n) is 9.97. The molecule has 7 nitrogen and oxygen atoms in total. The molecule has 5 rings (SSSR count). The highest BCUT2D eigenvalue weighted by atomic mass is 16.2. The van der Waals surface area contributed by atoms with Gasteiger partial charge in [-0.2, -0.15) is 5.10 Å². The highest BCUT2D eigenvalue weighted by Crippen LogP contribution is 2.59. The number of likely N-dealkylation sites (tertiary alicyclic amines) is 1. The predicted octanol–water partition coefficient (Wildman–Crippen LogP) is 3.62. The van der Waals surface area contributed by atoms with Gasteiger partial charge in [-0.1, -0.05) is 60.7 Å². The van der Waals surface area contributed by atoms with Gasteiger partial charge in [-0.3, -0.25) is 14.7 Å². The number of piperidine rings is 1. The lowest BCUT2D eigenvalue weighted by Gasteiger charge is -2.32. The highest BCUT2D eigenvalue weighted by Gasteiger charge is 2.58. The van der Waals surface area contributed by atoms with E-state index in [-0.39, 0.29) is 35.5 Å². The number of hydrogen-bond acceptors (Lipinski definition) is 4. The van der Waals surface area contributed by atoms with Gasteiger partial charge in [0, 0.05) is 31.5 Å². The summed E-state index contributed by atoms with van der Waals surface area (Å²) in [6.45, 7) is 3.89. The molecule has 1 saturated carbocycles. The van der Waals surface area contributed by atoms with Gasteiger partial charge >= 0.3 is 0 Å². The second kappa shape index (κ2) is 10.0. The van der Waals surface area contributed by atoms with Crippen LogP contribution in [0.3, 0.4) is 0 Å². The maximum Gasteiger partial charge on any atom is 0.230 e. The number of carbonyl (C=O) groups excluding carboxylic acids is 2. The van der Waals surface area contributed by atoms with Crippen LogP contribution in [0, 0.1) is 18.3 Å². The minimum atomic E-state index is 0.0633. The van der Waals surface area contributed by atoms with Gasteiger partial charge < -0.3 is 10.2 Å². The third kappa shape index (κ3) is 5.29. The number of benzene rings is 2. The molecule has 2 amide bonds. The molecule has 1 saturated heterocycles. The Morgan fingerprint density at radius 2 is 1.69 bits per heavy atom. The third-order valence-electron chi connectivity index (χ3n) is 7.71. The van der Waals surface area contributed by atoms with E-state index in [0.29, 0.717) is 25.5 Å². The van der Waals surface area contributed by atoms with Gasteiger partial charge in [0.1, 0.15) is 5.82 Å². The van der Waals surface area contributed by atoms with Crippen LogP contribution in [0.2, 0.25) is 0 Å². The molecular formula is C28H33N5O2. The van der Waals surface area contributed by atoms with E-state index in [1.54, 1.807) is 0 Å². The molecule has 1 aliphatic carbocycles. The molecule has 0 bridgehead atoms. The van der Waals surface area contributed by atoms with Crippen molar-refractivity contribution in [1.82, 2.24) is 25.4 Å². The first-order valence-corrected chi connectivity index (χ1v) is 12.6. The molecular weight excluding hydrogens is 438 g/mol. The van der Waals surface area contributed by atoms with Crippen LogP contribution in [-0.2, 0) is 16.0 Å². The maximum atomic E-state index is 13.0. The Bertz CT molecular complexity index is 1110. The lowest BCUT2D eigenvalue weighted by atomic mass is 9.88. The summed E-state index contributed by atoms with van der Waals surface area (Å²) in [5, 5.41) is 10.1. The Balaban J connectivity index is 1.10. The fraction of sp³-hybridized carbons (Fsp3) is 0.429. The number of aryl methyl sites for hydroxylation is 1. The zero-order valence-corrected chi connectivity index (χ0v) is 20.2. The van der Waals surface area contributed by atoms with Crippen molar-refractivity contribution in [2.45, 2.75) is 44.9 Å². The van der Waals surface area contributed by atoms with Crippen molar-refractivity contribution in [2.75, 3.05) is 19.6 Å². The minimum Gasteiger partial charge on any atom is -0.356 e. The van der Waals surface area contributed by atoms with Gasteiger partial charge in [-0.25, -0.2) is 4.98 Å². The van der Waals surface area contributed by atoms with Crippen molar-refractivity contribution in [1.29, 1.82) is 0 Å². The van der Waals surface area contributed by atoms with Gasteiger partial charge in [-0.15, -0.1) is 0 Å². The van der Waals surface area contributed by atoms with E-state index in [0.717, 1.165) is 31.5 Å². The number of aromatic amines is 1. The van der Waals surface area contributed by atoms with E-state index in [1.807, 2.05) is 24.0 Å². The Morgan fingerprint density at radius 1 is 1.06 bits per heavy atom. The minimum absolute atomic E-state index is 0.0633. The lowest BCUT2D eigenvalue weighted by molar-refractivity contribution is -0.132. The molecule has 7 heteroatoms. The fourth-order valence-corrected chi connectivity index (χ4v) is 5.55. The van der Waals surface area contributed by atoms with E-state index in [9.17, 15) is 9.59 Å². The van der Waals surface area contributed by atoms with Crippen LogP contribution in [0.25, 0.3) is 0 Å². The van der Waals surface area contributed by atoms with Crippen molar-refractivity contribution in [2.24, 2.45) is 11.3 Å². The first kappa shape index (κ1) is 23.3. The smallest absolute Gasteiger partial charge is 0.230 e. The van der Waals surface area contributed by atoms with Gasteiger partial charge in [0.25, 0.3) is 0 Å². The van der Waals surface area contributed by atoms with E-state index in [4.69, 9.17) is 0 Å². The van der Waals surface area contributed by atoms with Gasteiger partial charge in [0.05, 0.1) is 6.42 Å². The second-order valence-corrected chi connectivity index (χ2v) is 9.97. The molecule has 1 spiro atoms. The number of hydrogen-bond donors (Lipinski definition) is 2. The summed E-state index contributed by atoms with van der Waals surface area (Å²) in [5.41, 5.74) is 2.61. The molecule has 2 aliphatic rings. The zero-order chi connectivity index (χ0) is 24.3. The number of nitrogens with zero attached hydrogens (tertiary/aromatic N) is 3. The van der Waals surface area contributed by atoms with Crippen molar-refractivity contribution >= 4 is 11.8 Å². The van der Waals surface area contributed by atoms with Crippen LogP contribution in [0.15, 0.2) is 60.7 Å². The van der Waals surface area contributed by atoms with Gasteiger partial charge in [-0.05, 0) is 49.1 Å². The summed E-state index contributed by atoms with van der Waals surface area (Å²) in [4.78, 5) is 31.7. The van der Waals surface area contributed by atoms with Crippen LogP contribution >= 0.6 is 0 Å². The number of carbonyl (C=O) groups is 2. The zero-order valence-electron chi connectivity index (χ0n) is 20.2. The Labute approximate surface area is 206 Å². The Kier molecular flexibility index (Phi) is 6.66. The molecule has 3 aromatic rings. The van der Waals surface area contributed by atoms with Crippen molar-refractivity contribution in [3.05, 3.63) is 83.4 Å². The molecule has 2 fully saturated rings. The first-order valence-electron chi connectivity index (χ1n) is 12.6. The van der Waals surface area contributed by atoms with Crippen LogP contribution in [0.4, 0.5) is 0 Å². The average Bonchev–Trinajstić information content (AvgIpc) is 3.43. The van der Waals surface area contributed by atoms with E-state index >= 15 is 0 Å². The normalized spacial score (nSPS) is 18.6. The quantitative estimate of drug-likeness (QED) is 0.525. The molecule has 2 heterocycles. The number of rotatable bonds is 8. The van der Waals surface area contributed by atoms with Crippen molar-refractivity contribution in [3.63, 3.8) is 0 Å². The van der Waals surface area contributed by atoms with Crippen LogP contribution in [0.1, 0.15) is 54.4 Å². The summed E-state index contributed by atoms with van der Waals surface area (Å²) < 4.78 is 0. The molecule has 0 unspecified atom stereocenters. The molecule has 1 atom stereocenters. The third-order valence-corrected chi connectivity index (χ3v) is 7.71. The van der Waals surface area contributed by atoms with Gasteiger partial charge in [0.15, 0.2) is 5.82 Å². The van der Waals surface area contributed by atoms with E-state index in [2.05, 4.69) is 69.0 Å². The largest absolute Gasteiger partial charge is 0.356 e. The maximum absolute atomic E-state index is 13.0. The average molecular weight is 472 g/mol. The van der Waals surface area contributed by atoms with E-state index in [1.165, 1.54) is 11.1 Å². The summed E-state index contributed by atoms with van der Waals surface area (Å²) in [5.74, 6) is 1.82. The standard InChI is InChI=1S/C28H33N5O2/c1-20-30-25(32-31-20)18-26(34)33-16-13-28(14-17-33)19-24(28)27(35)29-15-12-23(21-8-4-2-5-9-21)22-10-6-3-7-11-22/h2-11,23-24H,12-19H2,1H3,(H,29,35)(H,30,31,32)/t24-/m0/s1. The first-order chi connectivity index (χ1) is 17.0. The molecule has 2 aromatic carbocycles. The number of amides is 2. The summed E-state index contributed by atoms with van der Waals surface area (Å²) in [7, 11) is 0. The SMILES string of the molecule is Cc1nc(CC(=O)N2CCC3(CC2)C[C@H]3C(=O)NCCC(c2ccccc2)c2ccccc2)n[nH]1. The van der Waals surface area contributed by atoms with Crippen LogP contribution < -0.4 is 5.32 Å². The Hall–Kier alpha value is -3.48. The number of H-pyrrole nitrogens is 1. The number of nitrogens with one attached hydrogen (secondary N) is 2. The number of aromatic nitrogens is 3. The summed E-state index contributed by atoms with van der Waals surface area (Å²) in [6.07, 6.45) is 3.80.